The number of hydrogen-bond donors (Lipinski definition) is 2. The highest BCUT2D eigenvalue weighted by Gasteiger charge is 2.09. The van der Waals surface area contributed by atoms with Crippen molar-refractivity contribution in [2.45, 2.75) is 19.9 Å². The van der Waals surface area contributed by atoms with Crippen LogP contribution >= 0.6 is 0 Å². The average Bonchev–Trinajstić information content (AvgIpc) is 2.60. The van der Waals surface area contributed by atoms with Crippen LogP contribution in [0.5, 0.6) is 0 Å². The Morgan fingerprint density at radius 1 is 1.00 bits per heavy atom. The Labute approximate surface area is 149 Å². The Bertz CT molecular complexity index is 724. The van der Waals surface area contributed by atoms with E-state index in [1.165, 1.54) is 0 Å². The Morgan fingerprint density at radius 2 is 1.68 bits per heavy atom. The van der Waals surface area contributed by atoms with Gasteiger partial charge in [0.2, 0.25) is 5.91 Å². The van der Waals surface area contributed by atoms with E-state index in [1.807, 2.05) is 57.4 Å². The van der Waals surface area contributed by atoms with E-state index in [9.17, 15) is 9.59 Å². The summed E-state index contributed by atoms with van der Waals surface area (Å²) in [6, 6.07) is 15.1. The average molecular weight is 339 g/mol. The lowest BCUT2D eigenvalue weighted by molar-refractivity contribution is -0.115. The van der Waals surface area contributed by atoms with E-state index in [0.717, 1.165) is 29.8 Å². The van der Waals surface area contributed by atoms with Crippen LogP contribution in [0.15, 0.2) is 48.5 Å². The molecule has 0 aromatic heterocycles. The number of carbonyl (C=O) groups is 2. The number of carbonyl (C=O) groups excluding carboxylic acids is 2. The van der Waals surface area contributed by atoms with Crippen LogP contribution in [-0.4, -0.2) is 37.4 Å². The molecule has 2 aromatic carbocycles. The molecule has 0 aliphatic rings. The molecule has 0 atom stereocenters. The molecule has 5 nitrogen and oxygen atoms in total. The van der Waals surface area contributed by atoms with Crippen molar-refractivity contribution < 1.29 is 9.59 Å². The molecule has 0 heterocycles. The lowest BCUT2D eigenvalue weighted by Gasteiger charge is -2.11. The third-order valence-electron chi connectivity index (χ3n) is 3.80. The molecule has 0 aliphatic heterocycles. The minimum atomic E-state index is -0.254. The van der Waals surface area contributed by atoms with Crippen LogP contribution in [0.25, 0.3) is 0 Å². The molecule has 0 fully saturated rings. The summed E-state index contributed by atoms with van der Waals surface area (Å²) in [6.07, 6.45) is 0.835. The molecule has 5 heteroatoms. The fourth-order valence-electron chi connectivity index (χ4n) is 2.53. The fraction of sp³-hybridized carbons (Fsp3) is 0.300. The number of benzene rings is 2. The second-order valence-electron chi connectivity index (χ2n) is 6.18. The molecule has 0 spiro atoms. The van der Waals surface area contributed by atoms with Crippen molar-refractivity contribution in [1.29, 1.82) is 0 Å². The summed E-state index contributed by atoms with van der Waals surface area (Å²) >= 11 is 0. The molecule has 25 heavy (non-hydrogen) atoms. The zero-order chi connectivity index (χ0) is 18.2. The SMILES string of the molecule is CCc1ccccc1NC(=O)CNC(=O)c1ccc(CN(C)C)cc1. The first-order chi connectivity index (χ1) is 12.0. The van der Waals surface area contributed by atoms with E-state index >= 15 is 0 Å². The Morgan fingerprint density at radius 3 is 2.32 bits per heavy atom. The van der Waals surface area contributed by atoms with Crippen molar-refractivity contribution in [2.75, 3.05) is 26.0 Å². The van der Waals surface area contributed by atoms with Gasteiger partial charge in [-0.2, -0.15) is 0 Å². The number of nitrogens with one attached hydrogen (secondary N) is 2. The van der Waals surface area contributed by atoms with E-state index in [0.29, 0.717) is 5.56 Å². The van der Waals surface area contributed by atoms with E-state index < -0.39 is 0 Å². The summed E-state index contributed by atoms with van der Waals surface area (Å²) < 4.78 is 0. The molecule has 0 unspecified atom stereocenters. The largest absolute Gasteiger partial charge is 0.343 e. The van der Waals surface area contributed by atoms with Crippen LogP contribution in [0.1, 0.15) is 28.4 Å². The Kier molecular flexibility index (Phi) is 6.71. The lowest BCUT2D eigenvalue weighted by atomic mass is 10.1. The van der Waals surface area contributed by atoms with Crippen LogP contribution in [-0.2, 0) is 17.8 Å². The topological polar surface area (TPSA) is 61.4 Å². The van der Waals surface area contributed by atoms with Crippen molar-refractivity contribution >= 4 is 17.5 Å². The maximum absolute atomic E-state index is 12.2. The molecule has 2 rings (SSSR count). The number of nitrogens with zero attached hydrogens (tertiary/aromatic N) is 1. The Hall–Kier alpha value is -2.66. The first-order valence-electron chi connectivity index (χ1n) is 8.39. The summed E-state index contributed by atoms with van der Waals surface area (Å²) in [5, 5.41) is 5.50. The van der Waals surface area contributed by atoms with E-state index in [-0.39, 0.29) is 18.4 Å². The van der Waals surface area contributed by atoms with Gasteiger partial charge in [-0.15, -0.1) is 0 Å². The standard InChI is InChI=1S/C20H25N3O2/c1-4-16-7-5-6-8-18(16)22-19(24)13-21-20(25)17-11-9-15(10-12-17)14-23(2)3/h5-12H,4,13-14H2,1-3H3,(H,21,25)(H,22,24). The summed E-state index contributed by atoms with van der Waals surface area (Å²) in [4.78, 5) is 26.3. The van der Waals surface area contributed by atoms with Gasteiger partial charge >= 0.3 is 0 Å². The van der Waals surface area contributed by atoms with Crippen LogP contribution in [0.3, 0.4) is 0 Å². The predicted octanol–water partition coefficient (Wildman–Crippen LogP) is 2.68. The van der Waals surface area contributed by atoms with Gasteiger partial charge in [0.1, 0.15) is 0 Å². The van der Waals surface area contributed by atoms with Gasteiger partial charge in [-0.1, -0.05) is 37.3 Å². The van der Waals surface area contributed by atoms with Crippen molar-refractivity contribution in [3.05, 3.63) is 65.2 Å². The number of hydrogen-bond acceptors (Lipinski definition) is 3. The normalized spacial score (nSPS) is 10.6. The molecule has 0 bridgehead atoms. The molecule has 0 saturated heterocycles. The maximum atomic E-state index is 12.2. The minimum Gasteiger partial charge on any atom is -0.343 e. The van der Waals surface area contributed by atoms with Crippen molar-refractivity contribution in [2.24, 2.45) is 0 Å². The smallest absolute Gasteiger partial charge is 0.251 e. The molecule has 0 radical (unpaired) electrons. The third-order valence-corrected chi connectivity index (χ3v) is 3.80. The van der Waals surface area contributed by atoms with Gasteiger partial charge in [0, 0.05) is 17.8 Å². The van der Waals surface area contributed by atoms with Gasteiger partial charge in [0.25, 0.3) is 5.91 Å². The molecule has 132 valence electrons. The van der Waals surface area contributed by atoms with Gasteiger partial charge in [0.05, 0.1) is 6.54 Å². The number of rotatable bonds is 7. The number of amides is 2. The maximum Gasteiger partial charge on any atom is 0.251 e. The van der Waals surface area contributed by atoms with Crippen LogP contribution in [0.4, 0.5) is 5.69 Å². The molecular weight excluding hydrogens is 314 g/mol. The number of para-hydroxylation sites is 1. The zero-order valence-electron chi connectivity index (χ0n) is 15.0. The second-order valence-corrected chi connectivity index (χ2v) is 6.18. The first kappa shape index (κ1) is 18.7. The van der Waals surface area contributed by atoms with E-state index in [4.69, 9.17) is 0 Å². The van der Waals surface area contributed by atoms with Crippen LogP contribution in [0.2, 0.25) is 0 Å². The highest BCUT2D eigenvalue weighted by atomic mass is 16.2. The summed E-state index contributed by atoms with van der Waals surface area (Å²) in [5.74, 6) is -0.492. The van der Waals surface area contributed by atoms with E-state index in [1.54, 1.807) is 12.1 Å². The monoisotopic (exact) mass is 339 g/mol. The Balaban J connectivity index is 1.87. The van der Waals surface area contributed by atoms with Crippen LogP contribution in [0, 0.1) is 0 Å². The van der Waals surface area contributed by atoms with Gasteiger partial charge in [-0.25, -0.2) is 0 Å². The van der Waals surface area contributed by atoms with Gasteiger partial charge in [-0.3, -0.25) is 9.59 Å². The summed E-state index contributed by atoms with van der Waals surface area (Å²) in [5.41, 5.74) is 3.54. The number of aryl methyl sites for hydroxylation is 1. The summed E-state index contributed by atoms with van der Waals surface area (Å²) in [7, 11) is 3.99. The zero-order valence-corrected chi connectivity index (χ0v) is 15.0. The van der Waals surface area contributed by atoms with Gasteiger partial charge in [-0.05, 0) is 49.8 Å². The minimum absolute atomic E-state index is 0.0592. The predicted molar refractivity (Wildman–Crippen MR) is 101 cm³/mol. The van der Waals surface area contributed by atoms with E-state index in [2.05, 4.69) is 15.5 Å². The quantitative estimate of drug-likeness (QED) is 0.815. The molecule has 0 saturated carbocycles. The fourth-order valence-corrected chi connectivity index (χ4v) is 2.53. The molecule has 0 aliphatic carbocycles. The molecule has 2 aromatic rings. The first-order valence-corrected chi connectivity index (χ1v) is 8.39. The highest BCUT2D eigenvalue weighted by molar-refractivity contribution is 5.99. The van der Waals surface area contributed by atoms with Gasteiger partial charge < -0.3 is 15.5 Å². The molecular formula is C20H25N3O2. The van der Waals surface area contributed by atoms with Crippen LogP contribution < -0.4 is 10.6 Å². The molecule has 2 amide bonds. The van der Waals surface area contributed by atoms with Gasteiger partial charge in [0.15, 0.2) is 0 Å². The highest BCUT2D eigenvalue weighted by Crippen LogP contribution is 2.15. The van der Waals surface area contributed by atoms with Crippen molar-refractivity contribution in [1.82, 2.24) is 10.2 Å². The second kappa shape index (κ2) is 8.99. The number of anilines is 1. The third kappa shape index (κ3) is 5.72. The summed E-state index contributed by atoms with van der Waals surface area (Å²) in [6.45, 7) is 2.80. The van der Waals surface area contributed by atoms with Crippen molar-refractivity contribution in [3.63, 3.8) is 0 Å². The molecule has 2 N–H and O–H groups in total. The van der Waals surface area contributed by atoms with Crippen molar-refractivity contribution in [3.8, 4) is 0 Å². The lowest BCUT2D eigenvalue weighted by Crippen LogP contribution is -2.33.